The van der Waals surface area contributed by atoms with E-state index in [-0.39, 0.29) is 0 Å². The highest BCUT2D eigenvalue weighted by molar-refractivity contribution is 7.98. The van der Waals surface area contributed by atoms with E-state index in [0.29, 0.717) is 11.6 Å². The first kappa shape index (κ1) is 20.9. The molecule has 4 aromatic rings. The fourth-order valence-corrected chi connectivity index (χ4v) is 4.80. The van der Waals surface area contributed by atoms with Gasteiger partial charge in [-0.2, -0.15) is 0 Å². The lowest BCUT2D eigenvalue weighted by Crippen LogP contribution is -2.04. The maximum atomic E-state index is 5.90. The zero-order chi connectivity index (χ0) is 20.8. The minimum absolute atomic E-state index is 0.448. The molecule has 0 atom stereocenters. The molecule has 2 aromatic carbocycles. The quantitative estimate of drug-likeness (QED) is 0.295. The van der Waals surface area contributed by atoms with Crippen LogP contribution in [0.5, 0.6) is 5.75 Å². The fraction of sp³-hybridized carbons (Fsp3) is 0.227. The molecule has 154 valence electrons. The molecule has 0 N–H and O–H groups in total. The van der Waals surface area contributed by atoms with Crippen LogP contribution >= 0.6 is 34.7 Å². The molecule has 30 heavy (non-hydrogen) atoms. The van der Waals surface area contributed by atoms with Crippen LogP contribution in [-0.4, -0.2) is 19.7 Å². The van der Waals surface area contributed by atoms with E-state index in [9.17, 15) is 0 Å². The third-order valence-electron chi connectivity index (χ3n) is 4.44. The zero-order valence-corrected chi connectivity index (χ0v) is 18.9. The number of thioether (sulfide) groups is 1. The molecule has 0 aliphatic carbocycles. The molecule has 0 bridgehead atoms. The van der Waals surface area contributed by atoms with Crippen LogP contribution in [0.3, 0.4) is 0 Å². The summed E-state index contributed by atoms with van der Waals surface area (Å²) < 4.78 is 7.95. The molecule has 0 saturated heterocycles. The van der Waals surface area contributed by atoms with E-state index in [1.54, 1.807) is 23.1 Å². The first-order valence-corrected chi connectivity index (χ1v) is 11.9. The van der Waals surface area contributed by atoms with Gasteiger partial charge in [-0.15, -0.1) is 21.5 Å². The van der Waals surface area contributed by atoms with Crippen LogP contribution in [0.15, 0.2) is 65.1 Å². The largest absolute Gasteiger partial charge is 0.486 e. The van der Waals surface area contributed by atoms with E-state index in [2.05, 4.69) is 44.2 Å². The lowest BCUT2D eigenvalue weighted by molar-refractivity contribution is 0.305. The van der Waals surface area contributed by atoms with Crippen molar-refractivity contribution in [1.29, 1.82) is 0 Å². The zero-order valence-electron chi connectivity index (χ0n) is 16.5. The summed E-state index contributed by atoms with van der Waals surface area (Å²) in [6, 6.07) is 17.7. The van der Waals surface area contributed by atoms with Gasteiger partial charge in [0.1, 0.15) is 23.2 Å². The van der Waals surface area contributed by atoms with Crippen molar-refractivity contribution in [2.45, 2.75) is 37.4 Å². The SMILES string of the molecule is CCn1c(Cc2ccccc2)nnc1SCc1csc(COc2ccc(Cl)cc2)n1. The minimum atomic E-state index is 0.448. The van der Waals surface area contributed by atoms with Gasteiger partial charge in [0.15, 0.2) is 5.16 Å². The number of aromatic nitrogens is 4. The van der Waals surface area contributed by atoms with Crippen LogP contribution in [0.4, 0.5) is 0 Å². The van der Waals surface area contributed by atoms with Crippen molar-refractivity contribution in [2.75, 3.05) is 0 Å². The predicted molar refractivity (Wildman–Crippen MR) is 122 cm³/mol. The molecule has 0 unspecified atom stereocenters. The summed E-state index contributed by atoms with van der Waals surface area (Å²) in [7, 11) is 0. The van der Waals surface area contributed by atoms with Gasteiger partial charge in [-0.05, 0) is 36.8 Å². The van der Waals surface area contributed by atoms with Gasteiger partial charge >= 0.3 is 0 Å². The van der Waals surface area contributed by atoms with Gasteiger partial charge in [0.25, 0.3) is 0 Å². The summed E-state index contributed by atoms with van der Waals surface area (Å²) >= 11 is 9.17. The van der Waals surface area contributed by atoms with Gasteiger partial charge in [-0.3, -0.25) is 0 Å². The predicted octanol–water partition coefficient (Wildman–Crippen LogP) is 5.87. The van der Waals surface area contributed by atoms with Crippen LogP contribution in [0, 0.1) is 0 Å². The lowest BCUT2D eigenvalue weighted by Gasteiger charge is -2.07. The van der Waals surface area contributed by atoms with Crippen LogP contribution in [0.1, 0.15) is 29.0 Å². The number of rotatable bonds is 9. The molecule has 2 heterocycles. The van der Waals surface area contributed by atoms with Gasteiger partial charge in [0.05, 0.1) is 5.69 Å². The maximum absolute atomic E-state index is 5.90. The first-order chi connectivity index (χ1) is 14.7. The highest BCUT2D eigenvalue weighted by atomic mass is 35.5. The van der Waals surface area contributed by atoms with Crippen molar-refractivity contribution in [2.24, 2.45) is 0 Å². The second-order valence-electron chi connectivity index (χ2n) is 6.57. The number of hydrogen-bond donors (Lipinski definition) is 0. The van der Waals surface area contributed by atoms with Gasteiger partial charge in [0, 0.05) is 29.1 Å². The van der Waals surface area contributed by atoms with E-state index in [1.807, 2.05) is 42.5 Å². The van der Waals surface area contributed by atoms with Gasteiger partial charge in [0.2, 0.25) is 0 Å². The van der Waals surface area contributed by atoms with Crippen molar-refractivity contribution in [3.05, 3.63) is 87.1 Å². The standard InChI is InChI=1S/C22H21ClN4OS2/c1-2-27-20(12-16-6-4-3-5-7-16)25-26-22(27)30-15-18-14-29-21(24-18)13-28-19-10-8-17(23)9-11-19/h3-11,14H,2,12-13,15H2,1H3. The third-order valence-corrected chi connectivity index (χ3v) is 6.56. The molecular weight excluding hydrogens is 436 g/mol. The Morgan fingerprint density at radius 2 is 1.87 bits per heavy atom. The van der Waals surface area contributed by atoms with E-state index < -0.39 is 0 Å². The number of benzene rings is 2. The Labute approximate surface area is 189 Å². The summed E-state index contributed by atoms with van der Waals surface area (Å²) in [5.74, 6) is 2.52. The van der Waals surface area contributed by atoms with Crippen molar-refractivity contribution in [3.8, 4) is 5.75 Å². The Hall–Kier alpha value is -2.35. The molecule has 0 spiro atoms. The third kappa shape index (κ3) is 5.41. The van der Waals surface area contributed by atoms with Crippen molar-refractivity contribution in [3.63, 3.8) is 0 Å². The van der Waals surface area contributed by atoms with Crippen molar-refractivity contribution >= 4 is 34.7 Å². The lowest BCUT2D eigenvalue weighted by atomic mass is 10.1. The van der Waals surface area contributed by atoms with Gasteiger partial charge in [-0.25, -0.2) is 4.98 Å². The molecule has 5 nitrogen and oxygen atoms in total. The highest BCUT2D eigenvalue weighted by Crippen LogP contribution is 2.24. The Kier molecular flexibility index (Phi) is 7.04. The molecule has 0 fully saturated rings. The minimum Gasteiger partial charge on any atom is -0.486 e. The summed E-state index contributed by atoms with van der Waals surface area (Å²) in [6.45, 7) is 3.41. The number of hydrogen-bond acceptors (Lipinski definition) is 6. The average molecular weight is 457 g/mol. The molecule has 4 rings (SSSR count). The monoisotopic (exact) mass is 456 g/mol. The smallest absolute Gasteiger partial charge is 0.191 e. The number of halogens is 1. The highest BCUT2D eigenvalue weighted by Gasteiger charge is 2.13. The molecule has 0 radical (unpaired) electrons. The van der Waals surface area contributed by atoms with E-state index in [4.69, 9.17) is 16.3 Å². The molecular formula is C22H21ClN4OS2. The Morgan fingerprint density at radius 3 is 2.63 bits per heavy atom. The normalized spacial score (nSPS) is 11.0. The van der Waals surface area contributed by atoms with Crippen molar-refractivity contribution in [1.82, 2.24) is 19.7 Å². The molecule has 2 aromatic heterocycles. The first-order valence-electron chi connectivity index (χ1n) is 9.61. The Balaban J connectivity index is 1.34. The molecule has 0 aliphatic rings. The second kappa shape index (κ2) is 10.1. The van der Waals surface area contributed by atoms with Crippen LogP contribution < -0.4 is 4.74 Å². The Bertz CT molecular complexity index is 1080. The summed E-state index contributed by atoms with van der Waals surface area (Å²) in [5, 5.41) is 13.5. The van der Waals surface area contributed by atoms with Crippen molar-refractivity contribution < 1.29 is 4.74 Å². The van der Waals surface area contributed by atoms with E-state index in [0.717, 1.165) is 46.2 Å². The van der Waals surface area contributed by atoms with Crippen LogP contribution in [-0.2, 0) is 25.3 Å². The number of ether oxygens (including phenoxy) is 1. The maximum Gasteiger partial charge on any atom is 0.191 e. The van der Waals surface area contributed by atoms with E-state index >= 15 is 0 Å². The summed E-state index contributed by atoms with van der Waals surface area (Å²) in [6.07, 6.45) is 0.783. The van der Waals surface area contributed by atoms with E-state index in [1.165, 1.54) is 5.56 Å². The fourth-order valence-electron chi connectivity index (χ4n) is 2.95. The van der Waals surface area contributed by atoms with Crippen LogP contribution in [0.25, 0.3) is 0 Å². The van der Waals surface area contributed by atoms with Crippen LogP contribution in [0.2, 0.25) is 5.02 Å². The summed E-state index contributed by atoms with van der Waals surface area (Å²) in [4.78, 5) is 4.68. The molecule has 0 amide bonds. The molecule has 8 heteroatoms. The molecule has 0 aliphatic heterocycles. The number of nitrogens with zero attached hydrogens (tertiary/aromatic N) is 4. The average Bonchev–Trinajstić information content (AvgIpc) is 3.39. The van der Waals surface area contributed by atoms with Gasteiger partial charge in [-0.1, -0.05) is 53.7 Å². The Morgan fingerprint density at radius 1 is 1.07 bits per heavy atom. The second-order valence-corrected chi connectivity index (χ2v) is 8.89. The molecule has 0 saturated carbocycles. The topological polar surface area (TPSA) is 52.8 Å². The summed E-state index contributed by atoms with van der Waals surface area (Å²) in [5.41, 5.74) is 2.26. The van der Waals surface area contributed by atoms with Gasteiger partial charge < -0.3 is 9.30 Å². The number of thiazole rings is 1.